The van der Waals surface area contributed by atoms with Gasteiger partial charge in [-0.25, -0.2) is 14.6 Å². The lowest BCUT2D eigenvalue weighted by Gasteiger charge is -2.40. The van der Waals surface area contributed by atoms with E-state index in [1.165, 1.54) is 6.33 Å². The van der Waals surface area contributed by atoms with E-state index in [1.54, 1.807) is 0 Å². The van der Waals surface area contributed by atoms with E-state index in [9.17, 15) is 4.79 Å². The molecule has 1 aliphatic rings. The molecule has 0 bridgehead atoms. The fourth-order valence-electron chi connectivity index (χ4n) is 4.35. The van der Waals surface area contributed by atoms with Crippen molar-refractivity contribution in [3.8, 4) is 22.8 Å². The quantitative estimate of drug-likeness (QED) is 0.374. The highest BCUT2D eigenvalue weighted by Gasteiger charge is 2.35. The largest absolute Gasteiger partial charge is 0.457 e. The van der Waals surface area contributed by atoms with Gasteiger partial charge in [-0.1, -0.05) is 18.2 Å². The molecular formula is C27H32N8O2. The first kappa shape index (κ1) is 24.7. The van der Waals surface area contributed by atoms with Gasteiger partial charge in [-0.3, -0.25) is 9.69 Å². The molecule has 1 saturated heterocycles. The normalized spacial score (nSPS) is 13.9. The van der Waals surface area contributed by atoms with E-state index >= 15 is 0 Å². The lowest BCUT2D eigenvalue weighted by molar-refractivity contribution is -0.138. The Labute approximate surface area is 216 Å². The molecule has 2 N–H and O–H groups in total. The van der Waals surface area contributed by atoms with Gasteiger partial charge in [0.25, 0.3) is 0 Å². The summed E-state index contributed by atoms with van der Waals surface area (Å²) >= 11 is 0. The topological polar surface area (TPSA) is 106 Å². The van der Waals surface area contributed by atoms with E-state index in [4.69, 9.17) is 15.6 Å². The summed E-state index contributed by atoms with van der Waals surface area (Å²) in [5.41, 5.74) is 8.55. The van der Waals surface area contributed by atoms with Crippen LogP contribution < -0.4 is 10.5 Å². The molecule has 10 nitrogen and oxygen atoms in total. The average Bonchev–Trinajstić information content (AvgIpc) is 3.23. The van der Waals surface area contributed by atoms with Crippen LogP contribution in [0.25, 0.3) is 22.3 Å². The van der Waals surface area contributed by atoms with Gasteiger partial charge in [0.1, 0.15) is 29.3 Å². The van der Waals surface area contributed by atoms with Gasteiger partial charge < -0.3 is 20.3 Å². The second kappa shape index (κ2) is 10.5. The Morgan fingerprint density at radius 2 is 1.70 bits per heavy atom. The molecule has 0 atom stereocenters. The van der Waals surface area contributed by atoms with E-state index in [1.807, 2.05) is 85.3 Å². The zero-order valence-corrected chi connectivity index (χ0v) is 21.4. The predicted molar refractivity (Wildman–Crippen MR) is 143 cm³/mol. The van der Waals surface area contributed by atoms with E-state index in [-0.39, 0.29) is 11.9 Å². The molecule has 192 valence electrons. The maximum absolute atomic E-state index is 12.7. The number of fused-ring (bicyclic) bond motifs is 1. The van der Waals surface area contributed by atoms with Crippen molar-refractivity contribution in [2.24, 2.45) is 0 Å². The van der Waals surface area contributed by atoms with Crippen molar-refractivity contribution in [3.05, 3.63) is 60.9 Å². The van der Waals surface area contributed by atoms with Crippen LogP contribution in [0.15, 0.2) is 60.9 Å². The number of benzene rings is 2. The minimum atomic E-state index is 0.0299. The highest BCUT2D eigenvalue weighted by atomic mass is 16.5. The summed E-state index contributed by atoms with van der Waals surface area (Å²) in [4.78, 5) is 27.5. The van der Waals surface area contributed by atoms with Crippen LogP contribution in [0.5, 0.6) is 11.5 Å². The highest BCUT2D eigenvalue weighted by Crippen LogP contribution is 2.34. The van der Waals surface area contributed by atoms with Crippen molar-refractivity contribution in [2.75, 3.05) is 59.6 Å². The first-order chi connectivity index (χ1) is 17.9. The van der Waals surface area contributed by atoms with Crippen molar-refractivity contribution >= 4 is 22.8 Å². The molecule has 3 heterocycles. The number of likely N-dealkylation sites (tertiary alicyclic amines) is 1. The van der Waals surface area contributed by atoms with Crippen LogP contribution in [0.4, 0.5) is 5.82 Å². The number of carbonyl (C=O) groups is 1. The molecule has 0 aliphatic carbocycles. The van der Waals surface area contributed by atoms with E-state index in [2.05, 4.69) is 19.8 Å². The minimum Gasteiger partial charge on any atom is -0.457 e. The van der Waals surface area contributed by atoms with Crippen molar-refractivity contribution in [1.82, 2.24) is 34.4 Å². The Kier molecular flexibility index (Phi) is 7.02. The second-order valence-electron chi connectivity index (χ2n) is 9.68. The summed E-state index contributed by atoms with van der Waals surface area (Å²) in [5.74, 6) is 2.00. The van der Waals surface area contributed by atoms with Crippen molar-refractivity contribution in [1.29, 1.82) is 0 Å². The number of hydrogen-bond acceptors (Lipinski definition) is 8. The number of likely N-dealkylation sites (N-methyl/N-ethyl adjacent to an activating group) is 2. The molecule has 2 aromatic heterocycles. The maximum Gasteiger partial charge on any atom is 0.236 e. The molecule has 0 radical (unpaired) electrons. The Morgan fingerprint density at radius 1 is 1.00 bits per heavy atom. The first-order valence-corrected chi connectivity index (χ1v) is 12.3. The molecule has 1 aliphatic heterocycles. The summed E-state index contributed by atoms with van der Waals surface area (Å²) in [6.45, 7) is 3.33. The lowest BCUT2D eigenvalue weighted by Crippen LogP contribution is -2.53. The highest BCUT2D eigenvalue weighted by molar-refractivity contribution is 5.98. The second-order valence-corrected chi connectivity index (χ2v) is 9.68. The van der Waals surface area contributed by atoms with Gasteiger partial charge in [-0.15, -0.1) is 0 Å². The number of nitrogens with two attached hydrogens (primary N) is 1. The van der Waals surface area contributed by atoms with Crippen LogP contribution in [0.2, 0.25) is 0 Å². The SMILES string of the molecule is CN(C)CCN(C)CC(=O)N1CC(n2nc(-c3ccc(Oc4ccccc4)cc3)c3c(N)ncnc32)C1. The molecule has 37 heavy (non-hydrogen) atoms. The molecule has 1 fully saturated rings. The Morgan fingerprint density at radius 3 is 2.41 bits per heavy atom. The number of aromatic nitrogens is 4. The lowest BCUT2D eigenvalue weighted by atomic mass is 10.1. The van der Waals surface area contributed by atoms with E-state index < -0.39 is 0 Å². The molecule has 0 spiro atoms. The summed E-state index contributed by atoms with van der Waals surface area (Å²) in [6, 6.07) is 17.4. The van der Waals surface area contributed by atoms with E-state index in [0.717, 1.165) is 30.2 Å². The zero-order chi connectivity index (χ0) is 25.9. The van der Waals surface area contributed by atoms with Crippen LogP contribution in [0.3, 0.4) is 0 Å². The van der Waals surface area contributed by atoms with Crippen molar-refractivity contribution < 1.29 is 9.53 Å². The molecule has 4 aromatic rings. The summed E-state index contributed by atoms with van der Waals surface area (Å²) in [6.07, 6.45) is 1.46. The molecule has 0 saturated carbocycles. The van der Waals surface area contributed by atoms with Crippen LogP contribution in [-0.4, -0.2) is 94.2 Å². The van der Waals surface area contributed by atoms with Gasteiger partial charge in [-0.05, 0) is 57.5 Å². The molecule has 10 heteroatoms. The number of hydrogen-bond donors (Lipinski definition) is 1. The fraction of sp³-hybridized carbons (Fsp3) is 0.333. The average molecular weight is 501 g/mol. The maximum atomic E-state index is 12.7. The third-order valence-electron chi connectivity index (χ3n) is 6.52. The molecule has 5 rings (SSSR count). The van der Waals surface area contributed by atoms with Gasteiger partial charge in [0.15, 0.2) is 5.65 Å². The minimum absolute atomic E-state index is 0.0299. The van der Waals surface area contributed by atoms with Crippen LogP contribution in [0, 0.1) is 0 Å². The van der Waals surface area contributed by atoms with Crippen molar-refractivity contribution in [2.45, 2.75) is 6.04 Å². The number of nitrogens with zero attached hydrogens (tertiary/aromatic N) is 7. The Bertz CT molecular complexity index is 1360. The Hall–Kier alpha value is -4.02. The standard InChI is InChI=1S/C27H32N8O2/c1-32(2)13-14-33(3)17-23(36)34-15-20(16-34)35-27-24(26(28)29-18-30-27)25(31-35)19-9-11-22(12-10-19)37-21-7-5-4-6-8-21/h4-12,18,20H,13-17H2,1-3H3,(H2,28,29,30). The Balaban J connectivity index is 1.32. The van der Waals surface area contributed by atoms with Gasteiger partial charge >= 0.3 is 0 Å². The third-order valence-corrected chi connectivity index (χ3v) is 6.52. The number of carbonyl (C=O) groups excluding carboxylic acids is 1. The number of ether oxygens (including phenoxy) is 1. The van der Waals surface area contributed by atoms with Crippen LogP contribution in [0.1, 0.15) is 6.04 Å². The zero-order valence-electron chi connectivity index (χ0n) is 21.4. The molecule has 2 aromatic carbocycles. The van der Waals surface area contributed by atoms with E-state index in [0.29, 0.717) is 42.2 Å². The number of nitrogen functional groups attached to an aromatic ring is 1. The monoisotopic (exact) mass is 500 g/mol. The van der Waals surface area contributed by atoms with Gasteiger partial charge in [0.05, 0.1) is 18.0 Å². The number of amides is 1. The predicted octanol–water partition coefficient (Wildman–Crippen LogP) is 2.74. The molecular weight excluding hydrogens is 468 g/mol. The smallest absolute Gasteiger partial charge is 0.236 e. The summed E-state index contributed by atoms with van der Waals surface area (Å²) in [7, 11) is 6.03. The number of para-hydroxylation sites is 1. The molecule has 1 amide bonds. The van der Waals surface area contributed by atoms with Crippen molar-refractivity contribution in [3.63, 3.8) is 0 Å². The number of anilines is 1. The fourth-order valence-corrected chi connectivity index (χ4v) is 4.35. The van der Waals surface area contributed by atoms with Crippen LogP contribution in [-0.2, 0) is 4.79 Å². The van der Waals surface area contributed by atoms with Gasteiger partial charge in [-0.2, -0.15) is 5.10 Å². The van der Waals surface area contributed by atoms with Gasteiger partial charge in [0, 0.05) is 31.7 Å². The van der Waals surface area contributed by atoms with Gasteiger partial charge in [0.2, 0.25) is 5.91 Å². The summed E-state index contributed by atoms with van der Waals surface area (Å²) < 4.78 is 7.81. The first-order valence-electron chi connectivity index (χ1n) is 12.3. The third kappa shape index (κ3) is 5.40. The summed E-state index contributed by atoms with van der Waals surface area (Å²) in [5, 5.41) is 5.61. The van der Waals surface area contributed by atoms with Crippen LogP contribution >= 0.6 is 0 Å². The molecule has 0 unspecified atom stereocenters. The number of rotatable bonds is 9.